The zero-order valence-electron chi connectivity index (χ0n) is 14.8. The highest BCUT2D eigenvalue weighted by atomic mass is 16.5. The van der Waals surface area contributed by atoms with Gasteiger partial charge in [0.05, 0.1) is 13.0 Å². The minimum atomic E-state index is -0.336. The number of fused-ring (bicyclic) bond motifs is 1. The quantitative estimate of drug-likeness (QED) is 0.480. The van der Waals surface area contributed by atoms with E-state index in [-0.39, 0.29) is 11.9 Å². The van der Waals surface area contributed by atoms with Gasteiger partial charge in [0, 0.05) is 0 Å². The molecule has 0 spiro atoms. The molecule has 0 amide bonds. The van der Waals surface area contributed by atoms with Crippen molar-refractivity contribution < 1.29 is 14.3 Å². The Balaban J connectivity index is 1.80. The minimum absolute atomic E-state index is 0.249. The van der Waals surface area contributed by atoms with E-state index in [1.807, 2.05) is 67.6 Å². The minimum Gasteiger partial charge on any atom is -0.497 e. The normalized spacial score (nSPS) is 12.0. The van der Waals surface area contributed by atoms with E-state index in [1.165, 1.54) is 0 Å². The third kappa shape index (κ3) is 3.82. The lowest BCUT2D eigenvalue weighted by Gasteiger charge is -2.13. The van der Waals surface area contributed by atoms with Crippen LogP contribution in [0.25, 0.3) is 10.8 Å². The van der Waals surface area contributed by atoms with E-state index >= 15 is 0 Å². The standard InChI is InChI=1S/C22H22O3/c1-4-16-6-5-7-21(12-16)25-22(23)15(2)17-8-9-19-14-20(24-3)11-10-18(19)13-17/h5-15H,4H2,1-3H3. The van der Waals surface area contributed by atoms with Gasteiger partial charge >= 0.3 is 5.97 Å². The zero-order chi connectivity index (χ0) is 17.8. The third-order valence-corrected chi connectivity index (χ3v) is 4.45. The Kier molecular flexibility index (Phi) is 5.03. The second kappa shape index (κ2) is 7.39. The summed E-state index contributed by atoms with van der Waals surface area (Å²) in [5.41, 5.74) is 2.09. The average molecular weight is 334 g/mol. The van der Waals surface area contributed by atoms with Crippen LogP contribution in [0.5, 0.6) is 11.5 Å². The zero-order valence-corrected chi connectivity index (χ0v) is 14.8. The lowest BCUT2D eigenvalue weighted by atomic mass is 9.98. The number of aryl methyl sites for hydroxylation is 1. The Labute approximate surface area is 148 Å². The van der Waals surface area contributed by atoms with E-state index in [0.29, 0.717) is 5.75 Å². The highest BCUT2D eigenvalue weighted by molar-refractivity contribution is 5.87. The number of rotatable bonds is 5. The van der Waals surface area contributed by atoms with Crippen molar-refractivity contribution in [2.45, 2.75) is 26.2 Å². The SMILES string of the molecule is CCc1cccc(OC(=O)C(C)c2ccc3cc(OC)ccc3c2)c1. The summed E-state index contributed by atoms with van der Waals surface area (Å²) in [5, 5.41) is 2.16. The van der Waals surface area contributed by atoms with Gasteiger partial charge in [-0.25, -0.2) is 0 Å². The average Bonchev–Trinajstić information content (AvgIpc) is 2.66. The Morgan fingerprint density at radius 1 is 0.960 bits per heavy atom. The van der Waals surface area contributed by atoms with E-state index in [9.17, 15) is 4.79 Å². The van der Waals surface area contributed by atoms with E-state index in [0.717, 1.165) is 34.1 Å². The van der Waals surface area contributed by atoms with Crippen LogP contribution >= 0.6 is 0 Å². The van der Waals surface area contributed by atoms with Gasteiger partial charge in [0.1, 0.15) is 11.5 Å². The molecule has 0 saturated carbocycles. The molecule has 1 atom stereocenters. The number of esters is 1. The van der Waals surface area contributed by atoms with Crippen molar-refractivity contribution in [3.05, 3.63) is 71.8 Å². The molecule has 0 aromatic heterocycles. The fraction of sp³-hybridized carbons (Fsp3) is 0.227. The molecule has 3 aromatic carbocycles. The van der Waals surface area contributed by atoms with E-state index in [4.69, 9.17) is 9.47 Å². The second-order valence-electron chi connectivity index (χ2n) is 6.12. The first-order chi connectivity index (χ1) is 12.1. The second-order valence-corrected chi connectivity index (χ2v) is 6.12. The molecule has 25 heavy (non-hydrogen) atoms. The van der Waals surface area contributed by atoms with Gasteiger partial charge in [-0.05, 0) is 59.5 Å². The number of ether oxygens (including phenoxy) is 2. The van der Waals surface area contributed by atoms with Crippen molar-refractivity contribution >= 4 is 16.7 Å². The van der Waals surface area contributed by atoms with Crippen molar-refractivity contribution in [2.75, 3.05) is 7.11 Å². The lowest BCUT2D eigenvalue weighted by molar-refractivity contribution is -0.135. The molecule has 3 nitrogen and oxygen atoms in total. The first-order valence-electron chi connectivity index (χ1n) is 8.49. The van der Waals surface area contributed by atoms with Crippen LogP contribution in [0.4, 0.5) is 0 Å². The van der Waals surface area contributed by atoms with Crippen molar-refractivity contribution in [2.24, 2.45) is 0 Å². The summed E-state index contributed by atoms with van der Waals surface area (Å²) in [6.45, 7) is 3.95. The molecule has 3 heteroatoms. The van der Waals surface area contributed by atoms with Gasteiger partial charge in [-0.15, -0.1) is 0 Å². The van der Waals surface area contributed by atoms with Crippen LogP contribution in [0.1, 0.15) is 30.9 Å². The molecular weight excluding hydrogens is 312 g/mol. The molecule has 0 saturated heterocycles. The molecule has 0 aliphatic heterocycles. The van der Waals surface area contributed by atoms with Crippen molar-refractivity contribution in [1.29, 1.82) is 0 Å². The Morgan fingerprint density at radius 3 is 2.48 bits per heavy atom. The Hall–Kier alpha value is -2.81. The Morgan fingerprint density at radius 2 is 1.72 bits per heavy atom. The summed E-state index contributed by atoms with van der Waals surface area (Å²) in [5.74, 6) is 0.836. The first kappa shape index (κ1) is 17.0. The fourth-order valence-corrected chi connectivity index (χ4v) is 2.81. The molecular formula is C22H22O3. The largest absolute Gasteiger partial charge is 0.497 e. The molecule has 0 fully saturated rings. The van der Waals surface area contributed by atoms with Gasteiger partial charge in [-0.1, -0.05) is 43.3 Å². The summed E-state index contributed by atoms with van der Waals surface area (Å²) in [6, 6.07) is 19.6. The summed E-state index contributed by atoms with van der Waals surface area (Å²) in [6.07, 6.45) is 0.912. The maximum Gasteiger partial charge on any atom is 0.318 e. The topological polar surface area (TPSA) is 35.5 Å². The molecule has 3 aromatic rings. The molecule has 3 rings (SSSR count). The third-order valence-electron chi connectivity index (χ3n) is 4.45. The molecule has 0 N–H and O–H groups in total. The van der Waals surface area contributed by atoms with Crippen LogP contribution in [-0.2, 0) is 11.2 Å². The molecule has 0 heterocycles. The highest BCUT2D eigenvalue weighted by Gasteiger charge is 2.18. The molecule has 0 bridgehead atoms. The summed E-state index contributed by atoms with van der Waals surface area (Å²) >= 11 is 0. The molecule has 0 radical (unpaired) electrons. The lowest BCUT2D eigenvalue weighted by Crippen LogP contribution is -2.16. The van der Waals surface area contributed by atoms with Crippen LogP contribution in [0, 0.1) is 0 Å². The number of carbonyl (C=O) groups is 1. The maximum absolute atomic E-state index is 12.5. The summed E-state index contributed by atoms with van der Waals surface area (Å²) < 4.78 is 10.8. The van der Waals surface area contributed by atoms with E-state index < -0.39 is 0 Å². The van der Waals surface area contributed by atoms with Gasteiger partial charge < -0.3 is 9.47 Å². The van der Waals surface area contributed by atoms with Crippen LogP contribution < -0.4 is 9.47 Å². The maximum atomic E-state index is 12.5. The highest BCUT2D eigenvalue weighted by Crippen LogP contribution is 2.26. The predicted octanol–water partition coefficient (Wildman–Crippen LogP) is 5.12. The predicted molar refractivity (Wildman–Crippen MR) is 100 cm³/mol. The molecule has 0 aliphatic rings. The van der Waals surface area contributed by atoms with Crippen LogP contribution in [-0.4, -0.2) is 13.1 Å². The number of hydrogen-bond acceptors (Lipinski definition) is 3. The van der Waals surface area contributed by atoms with Gasteiger partial charge in [0.15, 0.2) is 0 Å². The van der Waals surface area contributed by atoms with Crippen LogP contribution in [0.3, 0.4) is 0 Å². The van der Waals surface area contributed by atoms with Crippen molar-refractivity contribution in [1.82, 2.24) is 0 Å². The van der Waals surface area contributed by atoms with Gasteiger partial charge in [0.25, 0.3) is 0 Å². The smallest absolute Gasteiger partial charge is 0.318 e. The Bertz CT molecular complexity index is 899. The number of carbonyl (C=O) groups excluding carboxylic acids is 1. The monoisotopic (exact) mass is 334 g/mol. The van der Waals surface area contributed by atoms with Crippen LogP contribution in [0.2, 0.25) is 0 Å². The summed E-state index contributed by atoms with van der Waals surface area (Å²) in [7, 11) is 1.65. The van der Waals surface area contributed by atoms with Gasteiger partial charge in [-0.3, -0.25) is 4.79 Å². The van der Waals surface area contributed by atoms with Gasteiger partial charge in [0.2, 0.25) is 0 Å². The van der Waals surface area contributed by atoms with Gasteiger partial charge in [-0.2, -0.15) is 0 Å². The molecule has 128 valence electrons. The first-order valence-corrected chi connectivity index (χ1v) is 8.49. The van der Waals surface area contributed by atoms with Crippen molar-refractivity contribution in [3.63, 3.8) is 0 Å². The van der Waals surface area contributed by atoms with E-state index in [2.05, 4.69) is 6.92 Å². The number of benzene rings is 3. The van der Waals surface area contributed by atoms with E-state index in [1.54, 1.807) is 7.11 Å². The number of methoxy groups -OCH3 is 1. The molecule has 0 aliphatic carbocycles. The number of hydrogen-bond donors (Lipinski definition) is 0. The summed E-state index contributed by atoms with van der Waals surface area (Å²) in [4.78, 5) is 12.5. The fourth-order valence-electron chi connectivity index (χ4n) is 2.81. The van der Waals surface area contributed by atoms with Crippen molar-refractivity contribution in [3.8, 4) is 11.5 Å². The molecule has 1 unspecified atom stereocenters. The van der Waals surface area contributed by atoms with Crippen LogP contribution in [0.15, 0.2) is 60.7 Å².